The lowest BCUT2D eigenvalue weighted by Crippen LogP contribution is -1.97. The Kier molecular flexibility index (Phi) is 4.60. The average Bonchev–Trinajstić information content (AvgIpc) is 2.78. The van der Waals surface area contributed by atoms with Crippen molar-refractivity contribution < 1.29 is 13.9 Å². The predicted octanol–water partition coefficient (Wildman–Crippen LogP) is 2.77. The zero-order chi connectivity index (χ0) is 13.7. The van der Waals surface area contributed by atoms with Crippen LogP contribution in [0.5, 0.6) is 5.75 Å². The lowest BCUT2D eigenvalue weighted by molar-refractivity contribution is 0.184. The second-order valence-electron chi connectivity index (χ2n) is 4.37. The normalized spacial score (nSPS) is 10.7. The number of benzene rings is 1. The lowest BCUT2D eigenvalue weighted by atomic mass is 10.2. The number of ether oxygens (including phenoxy) is 2. The summed E-state index contributed by atoms with van der Waals surface area (Å²) in [5.41, 5.74) is 7.66. The van der Waals surface area contributed by atoms with Gasteiger partial charge in [0.2, 0.25) is 0 Å². The van der Waals surface area contributed by atoms with E-state index in [1.54, 1.807) is 7.11 Å². The zero-order valence-corrected chi connectivity index (χ0v) is 11.3. The van der Waals surface area contributed by atoms with Gasteiger partial charge in [-0.25, -0.2) is 0 Å². The second-order valence-corrected chi connectivity index (χ2v) is 4.37. The van der Waals surface area contributed by atoms with Crippen LogP contribution in [-0.4, -0.2) is 7.11 Å². The molecule has 0 aliphatic carbocycles. The summed E-state index contributed by atoms with van der Waals surface area (Å²) in [6.45, 7) is 3.38. The molecule has 2 rings (SSSR count). The summed E-state index contributed by atoms with van der Waals surface area (Å²) < 4.78 is 16.3. The van der Waals surface area contributed by atoms with Crippen molar-refractivity contribution in [2.24, 2.45) is 5.73 Å². The van der Waals surface area contributed by atoms with Crippen LogP contribution in [0.1, 0.15) is 22.6 Å². The molecule has 19 heavy (non-hydrogen) atoms. The molecule has 0 unspecified atom stereocenters. The topological polar surface area (TPSA) is 57.6 Å². The maximum Gasteiger partial charge on any atom is 0.120 e. The van der Waals surface area contributed by atoms with Gasteiger partial charge < -0.3 is 19.6 Å². The first-order valence-corrected chi connectivity index (χ1v) is 6.22. The van der Waals surface area contributed by atoms with Crippen LogP contribution in [0.2, 0.25) is 0 Å². The molecule has 0 aliphatic rings. The first-order chi connectivity index (χ1) is 9.22. The molecule has 4 heteroatoms. The van der Waals surface area contributed by atoms with Crippen molar-refractivity contribution in [2.75, 3.05) is 7.11 Å². The molecule has 0 aliphatic heterocycles. The van der Waals surface area contributed by atoms with E-state index in [0.717, 1.165) is 28.4 Å². The van der Waals surface area contributed by atoms with Crippen molar-refractivity contribution in [3.63, 3.8) is 0 Å². The number of rotatable bonds is 6. The van der Waals surface area contributed by atoms with E-state index in [0.29, 0.717) is 19.8 Å². The van der Waals surface area contributed by atoms with Gasteiger partial charge in [0, 0.05) is 12.7 Å². The molecular weight excluding hydrogens is 242 g/mol. The Bertz CT molecular complexity index is 534. The Morgan fingerprint density at radius 2 is 2.05 bits per heavy atom. The summed E-state index contributed by atoms with van der Waals surface area (Å²) in [4.78, 5) is 0. The van der Waals surface area contributed by atoms with Gasteiger partial charge in [0.15, 0.2) is 0 Å². The van der Waals surface area contributed by atoms with Crippen molar-refractivity contribution in [2.45, 2.75) is 26.7 Å². The van der Waals surface area contributed by atoms with E-state index >= 15 is 0 Å². The quantitative estimate of drug-likeness (QED) is 0.868. The van der Waals surface area contributed by atoms with E-state index in [9.17, 15) is 0 Å². The minimum atomic E-state index is 0.407. The van der Waals surface area contributed by atoms with Gasteiger partial charge in [0.25, 0.3) is 0 Å². The summed E-state index contributed by atoms with van der Waals surface area (Å²) in [6, 6.07) is 9.80. The van der Waals surface area contributed by atoms with Crippen molar-refractivity contribution in [1.82, 2.24) is 0 Å². The Morgan fingerprint density at radius 1 is 1.21 bits per heavy atom. The van der Waals surface area contributed by atoms with Crippen LogP contribution < -0.4 is 10.5 Å². The maximum absolute atomic E-state index is 5.76. The Balaban J connectivity index is 2.01. The van der Waals surface area contributed by atoms with Crippen LogP contribution in [-0.2, 0) is 24.5 Å². The van der Waals surface area contributed by atoms with Gasteiger partial charge in [0.1, 0.15) is 23.9 Å². The summed E-state index contributed by atoms with van der Waals surface area (Å²) in [6.07, 6.45) is 0. The van der Waals surface area contributed by atoms with E-state index in [2.05, 4.69) is 0 Å². The number of hydrogen-bond acceptors (Lipinski definition) is 4. The average molecular weight is 261 g/mol. The molecule has 102 valence electrons. The number of furan rings is 1. The van der Waals surface area contributed by atoms with Crippen LogP contribution in [0.15, 0.2) is 34.7 Å². The van der Waals surface area contributed by atoms with Crippen molar-refractivity contribution >= 4 is 0 Å². The number of methoxy groups -OCH3 is 1. The number of hydrogen-bond donors (Lipinski definition) is 1. The fourth-order valence-corrected chi connectivity index (χ4v) is 1.88. The predicted molar refractivity (Wildman–Crippen MR) is 72.8 cm³/mol. The van der Waals surface area contributed by atoms with Crippen molar-refractivity contribution in [3.05, 3.63) is 53.0 Å². The molecular formula is C15H19NO3. The third-order valence-corrected chi connectivity index (χ3v) is 2.88. The highest BCUT2D eigenvalue weighted by atomic mass is 16.5. The molecule has 1 aromatic heterocycles. The minimum Gasteiger partial charge on any atom is -0.489 e. The Labute approximate surface area is 113 Å². The first-order valence-electron chi connectivity index (χ1n) is 6.22. The summed E-state index contributed by atoms with van der Waals surface area (Å²) in [7, 11) is 1.68. The highest BCUT2D eigenvalue weighted by Gasteiger charge is 2.07. The van der Waals surface area contributed by atoms with Crippen LogP contribution in [0, 0.1) is 6.92 Å². The Morgan fingerprint density at radius 3 is 2.74 bits per heavy atom. The van der Waals surface area contributed by atoms with Gasteiger partial charge in [-0.15, -0.1) is 0 Å². The molecule has 0 saturated carbocycles. The molecule has 0 amide bonds. The molecule has 1 heterocycles. The van der Waals surface area contributed by atoms with Gasteiger partial charge in [-0.1, -0.05) is 12.1 Å². The van der Waals surface area contributed by atoms with Gasteiger partial charge in [-0.3, -0.25) is 0 Å². The second kappa shape index (κ2) is 6.41. The van der Waals surface area contributed by atoms with Crippen molar-refractivity contribution in [3.8, 4) is 5.75 Å². The van der Waals surface area contributed by atoms with E-state index in [4.69, 9.17) is 19.6 Å². The van der Waals surface area contributed by atoms with E-state index < -0.39 is 0 Å². The standard InChI is InChI=1S/C15H19NO3/c1-11-13(7-15(8-16)19-11)10-18-14-5-3-4-12(6-14)9-17-2/h3-7H,8-10,16H2,1-2H3. The SMILES string of the molecule is COCc1cccc(OCc2cc(CN)oc2C)c1. The Hall–Kier alpha value is -1.78. The summed E-state index contributed by atoms with van der Waals surface area (Å²) >= 11 is 0. The van der Waals surface area contributed by atoms with Gasteiger partial charge in [-0.05, 0) is 30.7 Å². The van der Waals surface area contributed by atoms with E-state index in [1.807, 2.05) is 37.3 Å². The molecule has 2 aromatic rings. The zero-order valence-electron chi connectivity index (χ0n) is 11.3. The van der Waals surface area contributed by atoms with Gasteiger partial charge in [0.05, 0.1) is 13.2 Å². The smallest absolute Gasteiger partial charge is 0.120 e. The molecule has 4 nitrogen and oxygen atoms in total. The summed E-state index contributed by atoms with van der Waals surface area (Å²) in [5.74, 6) is 2.46. The molecule has 0 saturated heterocycles. The monoisotopic (exact) mass is 261 g/mol. The minimum absolute atomic E-state index is 0.407. The fourth-order valence-electron chi connectivity index (χ4n) is 1.88. The largest absolute Gasteiger partial charge is 0.489 e. The van der Waals surface area contributed by atoms with Crippen LogP contribution in [0.4, 0.5) is 0 Å². The molecule has 0 atom stereocenters. The van der Waals surface area contributed by atoms with Crippen LogP contribution in [0.3, 0.4) is 0 Å². The van der Waals surface area contributed by atoms with Gasteiger partial charge >= 0.3 is 0 Å². The first kappa shape index (κ1) is 13.6. The molecule has 1 aromatic carbocycles. The third kappa shape index (κ3) is 3.59. The lowest BCUT2D eigenvalue weighted by Gasteiger charge is -2.07. The highest BCUT2D eigenvalue weighted by Crippen LogP contribution is 2.19. The number of aryl methyl sites for hydroxylation is 1. The van der Waals surface area contributed by atoms with E-state index in [-0.39, 0.29) is 0 Å². The fraction of sp³-hybridized carbons (Fsp3) is 0.333. The van der Waals surface area contributed by atoms with E-state index in [1.165, 1.54) is 0 Å². The maximum atomic E-state index is 5.76. The molecule has 0 fully saturated rings. The van der Waals surface area contributed by atoms with Crippen LogP contribution in [0.25, 0.3) is 0 Å². The van der Waals surface area contributed by atoms with Crippen molar-refractivity contribution in [1.29, 1.82) is 0 Å². The highest BCUT2D eigenvalue weighted by molar-refractivity contribution is 5.29. The number of nitrogens with two attached hydrogens (primary N) is 1. The molecule has 2 N–H and O–H groups in total. The van der Waals surface area contributed by atoms with Gasteiger partial charge in [-0.2, -0.15) is 0 Å². The summed E-state index contributed by atoms with van der Waals surface area (Å²) in [5, 5.41) is 0. The molecule has 0 radical (unpaired) electrons. The molecule has 0 spiro atoms. The molecule has 0 bridgehead atoms. The van der Waals surface area contributed by atoms with Crippen LogP contribution >= 0.6 is 0 Å². The third-order valence-electron chi connectivity index (χ3n) is 2.88.